The number of nitrogens with one attached hydrogen (secondary N) is 2. The van der Waals surface area contributed by atoms with Crippen molar-refractivity contribution in [3.8, 4) is 0 Å². The van der Waals surface area contributed by atoms with Crippen LogP contribution in [0.2, 0.25) is 0 Å². The van der Waals surface area contributed by atoms with E-state index in [-0.39, 0.29) is 11.3 Å². The van der Waals surface area contributed by atoms with Gasteiger partial charge in [0, 0.05) is 42.3 Å². The molecule has 4 nitrogen and oxygen atoms in total. The number of amides is 1. The number of benzene rings is 1. The Morgan fingerprint density at radius 2 is 2.00 bits per heavy atom. The molecule has 1 aliphatic heterocycles. The van der Waals surface area contributed by atoms with Crippen molar-refractivity contribution in [3.63, 3.8) is 0 Å². The van der Waals surface area contributed by atoms with Gasteiger partial charge < -0.3 is 15.4 Å². The van der Waals surface area contributed by atoms with Crippen molar-refractivity contribution in [1.82, 2.24) is 5.32 Å². The van der Waals surface area contributed by atoms with Gasteiger partial charge in [-0.25, -0.2) is 0 Å². The number of ether oxygens (including phenoxy) is 1. The molecular formula is C16H22N2O2. The Balaban J connectivity index is 1.70. The molecule has 3 unspecified atom stereocenters. The number of rotatable bonds is 3. The summed E-state index contributed by atoms with van der Waals surface area (Å²) in [5.41, 5.74) is 1.93. The monoisotopic (exact) mass is 274 g/mol. The van der Waals surface area contributed by atoms with E-state index in [2.05, 4.69) is 24.5 Å². The quantitative estimate of drug-likeness (QED) is 0.889. The zero-order valence-electron chi connectivity index (χ0n) is 12.3. The van der Waals surface area contributed by atoms with Crippen LogP contribution in [-0.4, -0.2) is 31.7 Å². The molecule has 1 aromatic carbocycles. The maximum atomic E-state index is 11.5. The van der Waals surface area contributed by atoms with Gasteiger partial charge in [-0.1, -0.05) is 13.8 Å². The van der Waals surface area contributed by atoms with E-state index in [4.69, 9.17) is 4.74 Å². The Bertz CT molecular complexity index is 510. The van der Waals surface area contributed by atoms with Crippen LogP contribution in [0.15, 0.2) is 24.3 Å². The molecule has 2 fully saturated rings. The third-order valence-electron chi connectivity index (χ3n) is 4.80. The largest absolute Gasteiger partial charge is 0.381 e. The van der Waals surface area contributed by atoms with Crippen molar-refractivity contribution < 1.29 is 9.53 Å². The van der Waals surface area contributed by atoms with E-state index in [9.17, 15) is 4.79 Å². The number of carbonyl (C=O) groups excluding carboxylic acids is 1. The second-order valence-electron chi connectivity index (χ2n) is 6.34. The Kier molecular flexibility index (Phi) is 3.21. The number of hydrogen-bond acceptors (Lipinski definition) is 3. The third-order valence-corrected chi connectivity index (χ3v) is 4.80. The van der Waals surface area contributed by atoms with Gasteiger partial charge >= 0.3 is 0 Å². The topological polar surface area (TPSA) is 50.4 Å². The number of fused-ring (bicyclic) bond motifs is 1. The molecule has 1 saturated heterocycles. The van der Waals surface area contributed by atoms with Crippen molar-refractivity contribution >= 4 is 11.6 Å². The van der Waals surface area contributed by atoms with E-state index >= 15 is 0 Å². The first-order chi connectivity index (χ1) is 9.54. The van der Waals surface area contributed by atoms with E-state index in [0.29, 0.717) is 23.6 Å². The number of hydrogen-bond donors (Lipinski definition) is 2. The second kappa shape index (κ2) is 4.77. The SMILES string of the molecule is CNC(=O)c1ccc(NC2C3CCOC3C2(C)C)cc1. The molecule has 1 heterocycles. The van der Waals surface area contributed by atoms with Crippen LogP contribution in [0.25, 0.3) is 0 Å². The molecule has 0 bridgehead atoms. The lowest BCUT2D eigenvalue weighted by molar-refractivity contribution is -0.0923. The van der Waals surface area contributed by atoms with Crippen molar-refractivity contribution in [2.45, 2.75) is 32.4 Å². The molecule has 1 amide bonds. The Hall–Kier alpha value is -1.55. The molecule has 0 aromatic heterocycles. The highest BCUT2D eigenvalue weighted by Crippen LogP contribution is 2.53. The van der Waals surface area contributed by atoms with E-state index in [1.165, 1.54) is 0 Å². The van der Waals surface area contributed by atoms with Crippen molar-refractivity contribution in [2.24, 2.45) is 11.3 Å². The fourth-order valence-electron chi connectivity index (χ4n) is 3.66. The summed E-state index contributed by atoms with van der Waals surface area (Å²) in [5.74, 6) is 0.563. The first-order valence-corrected chi connectivity index (χ1v) is 7.24. The zero-order chi connectivity index (χ0) is 14.3. The molecule has 3 rings (SSSR count). The summed E-state index contributed by atoms with van der Waals surface area (Å²) in [6.07, 6.45) is 1.53. The maximum absolute atomic E-state index is 11.5. The lowest BCUT2D eigenvalue weighted by Gasteiger charge is -2.55. The average Bonchev–Trinajstić information content (AvgIpc) is 2.91. The van der Waals surface area contributed by atoms with Gasteiger partial charge in [-0.15, -0.1) is 0 Å². The maximum Gasteiger partial charge on any atom is 0.251 e. The summed E-state index contributed by atoms with van der Waals surface area (Å²) in [5, 5.41) is 6.24. The molecule has 3 atom stereocenters. The van der Waals surface area contributed by atoms with Crippen LogP contribution in [0.1, 0.15) is 30.6 Å². The lowest BCUT2D eigenvalue weighted by atomic mass is 9.57. The summed E-state index contributed by atoms with van der Waals surface area (Å²) >= 11 is 0. The molecule has 0 spiro atoms. The summed E-state index contributed by atoms with van der Waals surface area (Å²) < 4.78 is 5.81. The molecule has 1 aromatic rings. The highest BCUT2D eigenvalue weighted by Gasteiger charge is 2.59. The molecule has 0 radical (unpaired) electrons. The van der Waals surface area contributed by atoms with E-state index in [1.807, 2.05) is 24.3 Å². The van der Waals surface area contributed by atoms with Crippen molar-refractivity contribution in [1.29, 1.82) is 0 Å². The number of anilines is 1. The fourth-order valence-corrected chi connectivity index (χ4v) is 3.66. The molecule has 108 valence electrons. The van der Waals surface area contributed by atoms with Crippen LogP contribution in [0.5, 0.6) is 0 Å². The summed E-state index contributed by atoms with van der Waals surface area (Å²) in [7, 11) is 1.64. The van der Waals surface area contributed by atoms with Gasteiger partial charge in [-0.2, -0.15) is 0 Å². The van der Waals surface area contributed by atoms with Crippen LogP contribution in [0.3, 0.4) is 0 Å². The Morgan fingerprint density at radius 3 is 2.65 bits per heavy atom. The first-order valence-electron chi connectivity index (χ1n) is 7.24. The molecule has 2 N–H and O–H groups in total. The highest BCUT2D eigenvalue weighted by atomic mass is 16.5. The predicted molar refractivity (Wildman–Crippen MR) is 78.9 cm³/mol. The zero-order valence-corrected chi connectivity index (χ0v) is 12.3. The Morgan fingerprint density at radius 1 is 1.30 bits per heavy atom. The summed E-state index contributed by atoms with van der Waals surface area (Å²) in [6, 6.07) is 8.11. The molecule has 20 heavy (non-hydrogen) atoms. The van der Waals surface area contributed by atoms with E-state index < -0.39 is 0 Å². The third kappa shape index (κ3) is 1.99. The molecule has 1 aliphatic carbocycles. The second-order valence-corrected chi connectivity index (χ2v) is 6.34. The lowest BCUT2D eigenvalue weighted by Crippen LogP contribution is -2.63. The van der Waals surface area contributed by atoms with Crippen LogP contribution in [0, 0.1) is 11.3 Å². The van der Waals surface area contributed by atoms with Gasteiger partial charge in [0.15, 0.2) is 0 Å². The number of carbonyl (C=O) groups is 1. The normalized spacial score (nSPS) is 30.2. The van der Waals surface area contributed by atoms with Gasteiger partial charge in [-0.05, 0) is 30.7 Å². The van der Waals surface area contributed by atoms with E-state index in [1.54, 1.807) is 7.05 Å². The minimum absolute atomic E-state index is 0.0511. The van der Waals surface area contributed by atoms with Gasteiger partial charge in [0.2, 0.25) is 0 Å². The van der Waals surface area contributed by atoms with Gasteiger partial charge in [0.05, 0.1) is 6.10 Å². The predicted octanol–water partition coefficient (Wildman–Crippen LogP) is 2.27. The molecule has 1 saturated carbocycles. The molecular weight excluding hydrogens is 252 g/mol. The fraction of sp³-hybridized carbons (Fsp3) is 0.562. The standard InChI is InChI=1S/C16H22N2O2/c1-16(2)13(12-8-9-20-14(12)16)18-11-6-4-10(5-7-11)15(19)17-3/h4-7,12-14,18H,8-9H2,1-3H3,(H,17,19). The minimum Gasteiger partial charge on any atom is -0.381 e. The first kappa shape index (κ1) is 13.4. The van der Waals surface area contributed by atoms with Crippen molar-refractivity contribution in [3.05, 3.63) is 29.8 Å². The van der Waals surface area contributed by atoms with E-state index in [0.717, 1.165) is 18.7 Å². The van der Waals surface area contributed by atoms with Crippen LogP contribution in [-0.2, 0) is 4.74 Å². The van der Waals surface area contributed by atoms with Crippen molar-refractivity contribution in [2.75, 3.05) is 19.0 Å². The minimum atomic E-state index is -0.0511. The van der Waals surface area contributed by atoms with Gasteiger partial charge in [-0.3, -0.25) is 4.79 Å². The van der Waals surface area contributed by atoms with Gasteiger partial charge in [0.25, 0.3) is 5.91 Å². The smallest absolute Gasteiger partial charge is 0.251 e. The molecule has 2 aliphatic rings. The highest BCUT2D eigenvalue weighted by molar-refractivity contribution is 5.94. The summed E-state index contributed by atoms with van der Waals surface area (Å²) in [6.45, 7) is 5.40. The van der Waals surface area contributed by atoms with Crippen LogP contribution >= 0.6 is 0 Å². The Labute approximate surface area is 119 Å². The molecule has 4 heteroatoms. The summed E-state index contributed by atoms with van der Waals surface area (Å²) in [4.78, 5) is 11.5. The average molecular weight is 274 g/mol. The van der Waals surface area contributed by atoms with Crippen LogP contribution in [0.4, 0.5) is 5.69 Å². The van der Waals surface area contributed by atoms with Crippen LogP contribution < -0.4 is 10.6 Å². The van der Waals surface area contributed by atoms with Gasteiger partial charge in [0.1, 0.15) is 0 Å².